The molecule has 1 fully saturated rings. The van der Waals surface area contributed by atoms with Crippen molar-refractivity contribution in [1.82, 2.24) is 4.31 Å². The topological polar surface area (TPSA) is 63.4 Å². The maximum absolute atomic E-state index is 12.4. The Kier molecular flexibility index (Phi) is 3.73. The summed E-state index contributed by atoms with van der Waals surface area (Å²) in [5.41, 5.74) is 5.47. The van der Waals surface area contributed by atoms with E-state index in [2.05, 4.69) is 0 Å². The molecule has 1 aromatic rings. The fourth-order valence-corrected chi connectivity index (χ4v) is 3.75. The van der Waals surface area contributed by atoms with Crippen molar-refractivity contribution in [3.63, 3.8) is 0 Å². The molecular formula is C11H15ClN2O2S. The van der Waals surface area contributed by atoms with Crippen LogP contribution in [0, 0.1) is 0 Å². The molecule has 0 heterocycles. The van der Waals surface area contributed by atoms with Gasteiger partial charge in [-0.2, -0.15) is 4.31 Å². The van der Waals surface area contributed by atoms with Crippen molar-refractivity contribution < 1.29 is 8.42 Å². The van der Waals surface area contributed by atoms with Gasteiger partial charge in [0.2, 0.25) is 10.0 Å². The molecule has 1 aliphatic carbocycles. The minimum atomic E-state index is -3.45. The number of halogens is 1. The summed E-state index contributed by atoms with van der Waals surface area (Å²) in [6.07, 6.45) is 1.83. The van der Waals surface area contributed by atoms with E-state index in [4.69, 9.17) is 17.3 Å². The van der Waals surface area contributed by atoms with Crippen molar-refractivity contribution in [2.75, 3.05) is 13.1 Å². The van der Waals surface area contributed by atoms with Crippen molar-refractivity contribution in [1.29, 1.82) is 0 Å². The van der Waals surface area contributed by atoms with E-state index in [1.807, 2.05) is 0 Å². The first-order valence-electron chi connectivity index (χ1n) is 5.53. The number of sulfonamides is 1. The zero-order chi connectivity index (χ0) is 12.5. The van der Waals surface area contributed by atoms with Gasteiger partial charge in [0, 0.05) is 24.2 Å². The first kappa shape index (κ1) is 12.8. The van der Waals surface area contributed by atoms with E-state index in [9.17, 15) is 8.42 Å². The van der Waals surface area contributed by atoms with Crippen LogP contribution in [0.4, 0.5) is 0 Å². The number of nitrogens with zero attached hydrogens (tertiary/aromatic N) is 1. The van der Waals surface area contributed by atoms with Gasteiger partial charge in [0.15, 0.2) is 0 Å². The van der Waals surface area contributed by atoms with Crippen LogP contribution in [0.15, 0.2) is 29.2 Å². The standard InChI is InChI=1S/C11H15ClN2O2S/c12-9-2-1-3-11(8-9)17(15,16)14(7-6-13)10-4-5-10/h1-3,8,10H,4-7,13H2. The second-order valence-electron chi connectivity index (χ2n) is 4.09. The summed E-state index contributed by atoms with van der Waals surface area (Å²) in [5, 5.41) is 0.426. The van der Waals surface area contributed by atoms with Gasteiger partial charge in [0.1, 0.15) is 0 Å². The van der Waals surface area contributed by atoms with Crippen molar-refractivity contribution in [3.8, 4) is 0 Å². The van der Waals surface area contributed by atoms with Crippen LogP contribution in [0.5, 0.6) is 0 Å². The summed E-state index contributed by atoms with van der Waals surface area (Å²) in [7, 11) is -3.45. The van der Waals surface area contributed by atoms with E-state index >= 15 is 0 Å². The average Bonchev–Trinajstić information content (AvgIpc) is 3.09. The lowest BCUT2D eigenvalue weighted by Crippen LogP contribution is -2.37. The highest BCUT2D eigenvalue weighted by molar-refractivity contribution is 7.89. The van der Waals surface area contributed by atoms with Gasteiger partial charge in [0.25, 0.3) is 0 Å². The third-order valence-corrected chi connectivity index (χ3v) is 4.89. The van der Waals surface area contributed by atoms with Gasteiger partial charge in [-0.25, -0.2) is 8.42 Å². The molecule has 2 rings (SSSR count). The maximum Gasteiger partial charge on any atom is 0.243 e. The molecule has 0 aliphatic heterocycles. The van der Waals surface area contributed by atoms with Gasteiger partial charge in [-0.1, -0.05) is 17.7 Å². The molecule has 0 bridgehead atoms. The smallest absolute Gasteiger partial charge is 0.243 e. The molecule has 1 aromatic carbocycles. The Morgan fingerprint density at radius 3 is 2.65 bits per heavy atom. The highest BCUT2D eigenvalue weighted by Crippen LogP contribution is 2.32. The Morgan fingerprint density at radius 2 is 2.12 bits per heavy atom. The summed E-state index contributed by atoms with van der Waals surface area (Å²) in [6, 6.07) is 6.45. The van der Waals surface area contributed by atoms with Crippen LogP contribution in [0.1, 0.15) is 12.8 Å². The molecule has 1 aliphatic rings. The van der Waals surface area contributed by atoms with Gasteiger partial charge in [-0.15, -0.1) is 0 Å². The number of hydrogen-bond donors (Lipinski definition) is 1. The Labute approximate surface area is 106 Å². The number of benzene rings is 1. The van der Waals surface area contributed by atoms with Gasteiger partial charge >= 0.3 is 0 Å². The molecule has 1 saturated carbocycles. The molecule has 94 valence electrons. The highest BCUT2D eigenvalue weighted by Gasteiger charge is 2.37. The van der Waals surface area contributed by atoms with E-state index in [1.165, 1.54) is 10.4 Å². The Hall–Kier alpha value is -0.620. The van der Waals surface area contributed by atoms with Crippen LogP contribution in [-0.4, -0.2) is 31.9 Å². The van der Waals surface area contributed by atoms with E-state index in [1.54, 1.807) is 18.2 Å². The minimum absolute atomic E-state index is 0.113. The van der Waals surface area contributed by atoms with Crippen molar-refractivity contribution in [3.05, 3.63) is 29.3 Å². The SMILES string of the molecule is NCCN(C1CC1)S(=O)(=O)c1cccc(Cl)c1. The summed E-state index contributed by atoms with van der Waals surface area (Å²) in [5.74, 6) is 0. The lowest BCUT2D eigenvalue weighted by Gasteiger charge is -2.21. The second-order valence-corrected chi connectivity index (χ2v) is 6.42. The normalized spacial score (nSPS) is 16.4. The molecule has 0 saturated heterocycles. The fourth-order valence-electron chi connectivity index (χ4n) is 1.75. The summed E-state index contributed by atoms with van der Waals surface area (Å²) in [6.45, 7) is 0.690. The Balaban J connectivity index is 2.33. The summed E-state index contributed by atoms with van der Waals surface area (Å²) < 4.78 is 26.2. The molecule has 4 nitrogen and oxygen atoms in total. The average molecular weight is 275 g/mol. The lowest BCUT2D eigenvalue weighted by molar-refractivity contribution is 0.411. The van der Waals surface area contributed by atoms with Crippen molar-refractivity contribution >= 4 is 21.6 Å². The van der Waals surface area contributed by atoms with Crippen LogP contribution in [0.2, 0.25) is 5.02 Å². The molecular weight excluding hydrogens is 260 g/mol. The van der Waals surface area contributed by atoms with Gasteiger partial charge in [-0.05, 0) is 31.0 Å². The van der Waals surface area contributed by atoms with Crippen molar-refractivity contribution in [2.24, 2.45) is 5.73 Å². The molecule has 2 N–H and O–H groups in total. The van der Waals surface area contributed by atoms with E-state index < -0.39 is 10.0 Å². The highest BCUT2D eigenvalue weighted by atomic mass is 35.5. The van der Waals surface area contributed by atoms with Crippen LogP contribution in [-0.2, 0) is 10.0 Å². The third-order valence-electron chi connectivity index (χ3n) is 2.71. The lowest BCUT2D eigenvalue weighted by atomic mass is 10.4. The van der Waals surface area contributed by atoms with Gasteiger partial charge < -0.3 is 5.73 Å². The van der Waals surface area contributed by atoms with Gasteiger partial charge in [-0.3, -0.25) is 0 Å². The first-order chi connectivity index (χ1) is 8.05. The number of nitrogens with two attached hydrogens (primary N) is 1. The predicted octanol–water partition coefficient (Wildman–Crippen LogP) is 1.45. The molecule has 0 atom stereocenters. The second kappa shape index (κ2) is 4.94. The van der Waals surface area contributed by atoms with Crippen LogP contribution >= 0.6 is 11.6 Å². The van der Waals surface area contributed by atoms with Crippen LogP contribution in [0.3, 0.4) is 0 Å². The monoisotopic (exact) mass is 274 g/mol. The number of hydrogen-bond acceptors (Lipinski definition) is 3. The molecule has 0 aromatic heterocycles. The molecule has 0 amide bonds. The predicted molar refractivity (Wildman–Crippen MR) is 67.4 cm³/mol. The maximum atomic E-state index is 12.4. The quantitative estimate of drug-likeness (QED) is 0.884. The molecule has 0 spiro atoms. The Bertz CT molecular complexity index is 500. The Morgan fingerprint density at radius 1 is 1.41 bits per heavy atom. The largest absolute Gasteiger partial charge is 0.329 e. The zero-order valence-electron chi connectivity index (χ0n) is 9.34. The van der Waals surface area contributed by atoms with E-state index in [-0.39, 0.29) is 10.9 Å². The number of rotatable bonds is 5. The van der Waals surface area contributed by atoms with Crippen LogP contribution < -0.4 is 5.73 Å². The fraction of sp³-hybridized carbons (Fsp3) is 0.455. The van der Waals surface area contributed by atoms with Crippen molar-refractivity contribution in [2.45, 2.75) is 23.8 Å². The van der Waals surface area contributed by atoms with E-state index in [0.717, 1.165) is 12.8 Å². The first-order valence-corrected chi connectivity index (χ1v) is 7.35. The minimum Gasteiger partial charge on any atom is -0.329 e. The van der Waals surface area contributed by atoms with E-state index in [0.29, 0.717) is 18.1 Å². The zero-order valence-corrected chi connectivity index (χ0v) is 10.9. The molecule has 17 heavy (non-hydrogen) atoms. The molecule has 0 unspecified atom stereocenters. The molecule has 6 heteroatoms. The third kappa shape index (κ3) is 2.80. The summed E-state index contributed by atoms with van der Waals surface area (Å²) in [4.78, 5) is 0.241. The molecule has 0 radical (unpaired) electrons. The summed E-state index contributed by atoms with van der Waals surface area (Å²) >= 11 is 5.82. The van der Waals surface area contributed by atoms with Crippen LogP contribution in [0.25, 0.3) is 0 Å². The van der Waals surface area contributed by atoms with Gasteiger partial charge in [0.05, 0.1) is 4.90 Å².